The number of carbonyl (C=O) groups is 1. The number of esters is 1. The van der Waals surface area contributed by atoms with Gasteiger partial charge in [-0.05, 0) is 43.2 Å². The molecule has 1 saturated heterocycles. The van der Waals surface area contributed by atoms with Crippen molar-refractivity contribution in [2.75, 3.05) is 26.2 Å². The van der Waals surface area contributed by atoms with Crippen molar-refractivity contribution in [3.8, 4) is 0 Å². The van der Waals surface area contributed by atoms with E-state index in [0.29, 0.717) is 6.61 Å². The summed E-state index contributed by atoms with van der Waals surface area (Å²) in [7, 11) is 0. The maximum Gasteiger partial charge on any atom is 0.314 e. The number of hydrogen-bond donors (Lipinski definition) is 0. The first kappa shape index (κ1) is 16.3. The normalized spacial score (nSPS) is 25.6. The standard InChI is InChI=1S/C20H27NO2/c1-16-11-12-21(15-16)13-14-23-20(22)19(18-9-5-6-10-18)17-7-3-2-4-8-17/h2-5,7-9,16,18-19H,6,10-15H2,1H3. The maximum atomic E-state index is 12.7. The topological polar surface area (TPSA) is 29.5 Å². The molecule has 3 heteroatoms. The van der Waals surface area contributed by atoms with Crippen molar-refractivity contribution in [1.29, 1.82) is 0 Å². The summed E-state index contributed by atoms with van der Waals surface area (Å²) < 4.78 is 5.65. The molecule has 1 aliphatic carbocycles. The molecule has 124 valence electrons. The molecule has 0 amide bonds. The predicted octanol–water partition coefficient (Wildman–Crippen LogP) is 3.62. The average molecular weight is 313 g/mol. The van der Waals surface area contributed by atoms with Gasteiger partial charge in [0, 0.05) is 13.1 Å². The Bertz CT molecular complexity index is 540. The van der Waals surface area contributed by atoms with Gasteiger partial charge in [0.2, 0.25) is 0 Å². The van der Waals surface area contributed by atoms with Crippen LogP contribution in [-0.2, 0) is 9.53 Å². The van der Waals surface area contributed by atoms with Crippen LogP contribution in [0, 0.1) is 11.8 Å². The fourth-order valence-electron chi connectivity index (χ4n) is 3.75. The van der Waals surface area contributed by atoms with Crippen LogP contribution in [0.3, 0.4) is 0 Å². The molecule has 3 nitrogen and oxygen atoms in total. The van der Waals surface area contributed by atoms with E-state index in [1.165, 1.54) is 6.42 Å². The number of rotatable bonds is 6. The predicted molar refractivity (Wildman–Crippen MR) is 92.2 cm³/mol. The van der Waals surface area contributed by atoms with Gasteiger partial charge in [-0.15, -0.1) is 0 Å². The Labute approximate surface area is 139 Å². The molecule has 0 aromatic heterocycles. The van der Waals surface area contributed by atoms with E-state index in [1.54, 1.807) is 0 Å². The van der Waals surface area contributed by atoms with Crippen LogP contribution in [0.4, 0.5) is 0 Å². The highest BCUT2D eigenvalue weighted by Crippen LogP contribution is 2.34. The van der Waals surface area contributed by atoms with E-state index < -0.39 is 0 Å². The van der Waals surface area contributed by atoms with E-state index in [9.17, 15) is 4.79 Å². The third-order valence-corrected chi connectivity index (χ3v) is 5.05. The minimum atomic E-state index is -0.160. The first-order valence-corrected chi connectivity index (χ1v) is 8.84. The molecule has 2 aliphatic rings. The molecular formula is C20H27NO2. The van der Waals surface area contributed by atoms with Crippen LogP contribution in [0.5, 0.6) is 0 Å². The fourth-order valence-corrected chi connectivity index (χ4v) is 3.75. The van der Waals surface area contributed by atoms with Crippen molar-refractivity contribution in [2.24, 2.45) is 11.8 Å². The zero-order valence-electron chi connectivity index (χ0n) is 14.0. The van der Waals surface area contributed by atoms with E-state index in [4.69, 9.17) is 4.74 Å². The lowest BCUT2D eigenvalue weighted by Gasteiger charge is -2.22. The third-order valence-electron chi connectivity index (χ3n) is 5.05. The molecule has 0 radical (unpaired) electrons. The Kier molecular flexibility index (Phi) is 5.50. The van der Waals surface area contributed by atoms with Crippen LogP contribution in [0.2, 0.25) is 0 Å². The summed E-state index contributed by atoms with van der Waals surface area (Å²) in [6, 6.07) is 10.1. The van der Waals surface area contributed by atoms with Crippen molar-refractivity contribution >= 4 is 5.97 Å². The van der Waals surface area contributed by atoms with E-state index >= 15 is 0 Å². The van der Waals surface area contributed by atoms with Gasteiger partial charge in [-0.25, -0.2) is 0 Å². The molecule has 1 aromatic rings. The van der Waals surface area contributed by atoms with Gasteiger partial charge in [0.05, 0.1) is 5.92 Å². The average Bonchev–Trinajstić information content (AvgIpc) is 3.21. The summed E-state index contributed by atoms with van der Waals surface area (Å²) in [6.07, 6.45) is 7.72. The number of benzene rings is 1. The van der Waals surface area contributed by atoms with Gasteiger partial charge in [0.15, 0.2) is 0 Å². The highest BCUT2D eigenvalue weighted by atomic mass is 16.5. The summed E-state index contributed by atoms with van der Waals surface area (Å²) in [4.78, 5) is 15.1. The lowest BCUT2D eigenvalue weighted by atomic mass is 9.85. The van der Waals surface area contributed by atoms with Crippen molar-refractivity contribution in [3.05, 3.63) is 48.0 Å². The minimum absolute atomic E-state index is 0.0694. The quantitative estimate of drug-likeness (QED) is 0.593. The molecule has 3 rings (SSSR count). The lowest BCUT2D eigenvalue weighted by Crippen LogP contribution is -2.28. The van der Waals surface area contributed by atoms with Crippen LogP contribution in [0.25, 0.3) is 0 Å². The van der Waals surface area contributed by atoms with Gasteiger partial charge in [-0.1, -0.05) is 49.4 Å². The van der Waals surface area contributed by atoms with E-state index in [1.807, 2.05) is 30.3 Å². The van der Waals surface area contributed by atoms with Crippen LogP contribution in [0.15, 0.2) is 42.5 Å². The Morgan fingerprint density at radius 2 is 2.13 bits per heavy atom. The summed E-state index contributed by atoms with van der Waals surface area (Å²) in [6.45, 7) is 5.91. The summed E-state index contributed by atoms with van der Waals surface area (Å²) in [5, 5.41) is 0. The van der Waals surface area contributed by atoms with Gasteiger partial charge >= 0.3 is 5.97 Å². The van der Waals surface area contributed by atoms with Crippen LogP contribution < -0.4 is 0 Å². The molecule has 1 heterocycles. The molecule has 0 spiro atoms. The maximum absolute atomic E-state index is 12.7. The Balaban J connectivity index is 1.58. The summed E-state index contributed by atoms with van der Waals surface area (Å²) in [5.41, 5.74) is 1.07. The van der Waals surface area contributed by atoms with Crippen molar-refractivity contribution < 1.29 is 9.53 Å². The molecular weight excluding hydrogens is 286 g/mol. The molecule has 0 saturated carbocycles. The van der Waals surface area contributed by atoms with E-state index in [2.05, 4.69) is 24.0 Å². The Morgan fingerprint density at radius 3 is 2.78 bits per heavy atom. The van der Waals surface area contributed by atoms with Gasteiger partial charge < -0.3 is 4.74 Å². The van der Waals surface area contributed by atoms with Crippen molar-refractivity contribution in [1.82, 2.24) is 4.90 Å². The second kappa shape index (κ2) is 7.78. The smallest absolute Gasteiger partial charge is 0.314 e. The first-order chi connectivity index (χ1) is 11.2. The largest absolute Gasteiger partial charge is 0.464 e. The fraction of sp³-hybridized carbons (Fsp3) is 0.550. The molecule has 0 bridgehead atoms. The summed E-state index contributed by atoms with van der Waals surface area (Å²) >= 11 is 0. The van der Waals surface area contributed by atoms with Crippen LogP contribution >= 0.6 is 0 Å². The van der Waals surface area contributed by atoms with Gasteiger partial charge in [0.1, 0.15) is 6.61 Å². The molecule has 3 atom stereocenters. The number of nitrogens with zero attached hydrogens (tertiary/aromatic N) is 1. The number of hydrogen-bond acceptors (Lipinski definition) is 3. The second-order valence-corrected chi connectivity index (χ2v) is 6.92. The molecule has 1 aromatic carbocycles. The minimum Gasteiger partial charge on any atom is -0.464 e. The highest BCUT2D eigenvalue weighted by Gasteiger charge is 2.31. The molecule has 23 heavy (non-hydrogen) atoms. The Hall–Kier alpha value is -1.61. The Morgan fingerprint density at radius 1 is 1.30 bits per heavy atom. The second-order valence-electron chi connectivity index (χ2n) is 6.92. The van der Waals surface area contributed by atoms with Crippen LogP contribution in [-0.4, -0.2) is 37.1 Å². The zero-order chi connectivity index (χ0) is 16.1. The number of ether oxygens (including phenoxy) is 1. The van der Waals surface area contributed by atoms with E-state index in [-0.39, 0.29) is 17.8 Å². The number of likely N-dealkylation sites (tertiary alicyclic amines) is 1. The zero-order valence-corrected chi connectivity index (χ0v) is 14.0. The van der Waals surface area contributed by atoms with Crippen molar-refractivity contribution in [2.45, 2.75) is 32.1 Å². The van der Waals surface area contributed by atoms with Gasteiger partial charge in [-0.2, -0.15) is 0 Å². The SMILES string of the molecule is CC1CCN(CCOC(=O)C(c2ccccc2)C2C=CCC2)C1. The molecule has 3 unspecified atom stereocenters. The molecule has 0 N–H and O–H groups in total. The third kappa shape index (κ3) is 4.23. The first-order valence-electron chi connectivity index (χ1n) is 8.84. The van der Waals surface area contributed by atoms with Crippen LogP contribution in [0.1, 0.15) is 37.7 Å². The highest BCUT2D eigenvalue weighted by molar-refractivity contribution is 5.79. The molecule has 1 aliphatic heterocycles. The molecule has 1 fully saturated rings. The number of allylic oxidation sites excluding steroid dienone is 2. The van der Waals surface area contributed by atoms with Gasteiger partial charge in [0.25, 0.3) is 0 Å². The number of carbonyl (C=O) groups excluding carboxylic acids is 1. The monoisotopic (exact) mass is 313 g/mol. The van der Waals surface area contributed by atoms with Gasteiger partial charge in [-0.3, -0.25) is 9.69 Å². The van der Waals surface area contributed by atoms with Crippen molar-refractivity contribution in [3.63, 3.8) is 0 Å². The van der Waals surface area contributed by atoms with E-state index in [0.717, 1.165) is 44.0 Å². The lowest BCUT2D eigenvalue weighted by molar-refractivity contribution is -0.146. The summed E-state index contributed by atoms with van der Waals surface area (Å²) in [5.74, 6) is 0.815.